The SMILES string of the molecule is O=C(Cl)CCC(Cl)Cl. The van der Waals surface area contributed by atoms with Gasteiger partial charge in [0.1, 0.15) is 4.84 Å². The van der Waals surface area contributed by atoms with E-state index in [4.69, 9.17) is 34.8 Å². The van der Waals surface area contributed by atoms with Crippen LogP contribution >= 0.6 is 34.8 Å². The predicted molar refractivity (Wildman–Crippen MR) is 35.6 cm³/mol. The zero-order valence-electron chi connectivity index (χ0n) is 4.03. The molecule has 0 aliphatic carbocycles. The fourth-order valence-electron chi connectivity index (χ4n) is 0.223. The van der Waals surface area contributed by atoms with Gasteiger partial charge in [0.2, 0.25) is 5.24 Å². The van der Waals surface area contributed by atoms with Crippen LogP contribution in [0.1, 0.15) is 12.8 Å². The fourth-order valence-corrected chi connectivity index (χ4v) is 0.550. The fraction of sp³-hybridized carbons (Fsp3) is 0.750. The summed E-state index contributed by atoms with van der Waals surface area (Å²) in [4.78, 5) is 9.52. The van der Waals surface area contributed by atoms with Gasteiger partial charge in [-0.2, -0.15) is 0 Å². The second-order valence-corrected chi connectivity index (χ2v) is 2.98. The number of alkyl halides is 2. The molecule has 0 unspecified atom stereocenters. The molecule has 0 aliphatic heterocycles. The van der Waals surface area contributed by atoms with Gasteiger partial charge in [-0.25, -0.2) is 0 Å². The lowest BCUT2D eigenvalue weighted by atomic mass is 10.4. The largest absolute Gasteiger partial charge is 0.281 e. The third-order valence-electron chi connectivity index (χ3n) is 0.559. The minimum atomic E-state index is -0.474. The van der Waals surface area contributed by atoms with Crippen molar-refractivity contribution in [3.8, 4) is 0 Å². The van der Waals surface area contributed by atoms with Gasteiger partial charge >= 0.3 is 0 Å². The van der Waals surface area contributed by atoms with Gasteiger partial charge < -0.3 is 0 Å². The smallest absolute Gasteiger partial charge is 0.221 e. The van der Waals surface area contributed by atoms with Gasteiger partial charge in [-0.15, -0.1) is 23.2 Å². The molecule has 0 rings (SSSR count). The summed E-state index contributed by atoms with van der Waals surface area (Å²) in [5.41, 5.74) is 0. The van der Waals surface area contributed by atoms with Gasteiger partial charge in [0.15, 0.2) is 0 Å². The van der Waals surface area contributed by atoms with Crippen molar-refractivity contribution >= 4 is 40.0 Å². The van der Waals surface area contributed by atoms with Crippen molar-refractivity contribution < 1.29 is 4.79 Å². The lowest BCUT2D eigenvalue weighted by Gasteiger charge is -1.92. The monoisotopic (exact) mass is 174 g/mol. The van der Waals surface area contributed by atoms with Crippen molar-refractivity contribution in [2.45, 2.75) is 17.7 Å². The number of halogens is 3. The summed E-state index contributed by atoms with van der Waals surface area (Å²) < 4.78 is 0. The van der Waals surface area contributed by atoms with Crippen LogP contribution in [-0.2, 0) is 4.79 Å². The Labute approximate surface area is 62.9 Å². The normalized spacial score (nSPS) is 10.0. The Morgan fingerprint density at radius 1 is 1.50 bits per heavy atom. The Hall–Kier alpha value is 0.540. The Morgan fingerprint density at radius 2 is 2.00 bits per heavy atom. The molecular formula is C4H5Cl3O. The molecule has 8 heavy (non-hydrogen) atoms. The van der Waals surface area contributed by atoms with Crippen LogP contribution in [0.5, 0.6) is 0 Å². The van der Waals surface area contributed by atoms with Crippen LogP contribution < -0.4 is 0 Å². The van der Waals surface area contributed by atoms with Crippen molar-refractivity contribution in [3.05, 3.63) is 0 Å². The second kappa shape index (κ2) is 4.42. The summed E-state index contributed by atoms with van der Waals surface area (Å²) >= 11 is 15.5. The molecule has 0 aliphatic rings. The average molecular weight is 175 g/mol. The number of hydrogen-bond acceptors (Lipinski definition) is 1. The number of carbonyl (C=O) groups is 1. The molecule has 0 aromatic rings. The van der Waals surface area contributed by atoms with Gasteiger partial charge in [0.25, 0.3) is 0 Å². The first kappa shape index (κ1) is 8.54. The van der Waals surface area contributed by atoms with E-state index in [1.54, 1.807) is 0 Å². The van der Waals surface area contributed by atoms with Crippen molar-refractivity contribution in [1.29, 1.82) is 0 Å². The zero-order valence-corrected chi connectivity index (χ0v) is 6.30. The summed E-state index contributed by atoms with van der Waals surface area (Å²) in [6, 6.07) is 0. The lowest BCUT2D eigenvalue weighted by molar-refractivity contribution is -0.111. The van der Waals surface area contributed by atoms with E-state index >= 15 is 0 Å². The molecular weight excluding hydrogens is 170 g/mol. The molecule has 0 saturated heterocycles. The average Bonchev–Trinajstić information content (AvgIpc) is 1.61. The van der Waals surface area contributed by atoms with Crippen molar-refractivity contribution in [2.75, 3.05) is 0 Å². The molecule has 1 nitrogen and oxygen atoms in total. The van der Waals surface area contributed by atoms with Crippen LogP contribution in [0, 0.1) is 0 Å². The van der Waals surface area contributed by atoms with Gasteiger partial charge in [0, 0.05) is 6.42 Å². The highest BCUT2D eigenvalue weighted by Crippen LogP contribution is 2.10. The summed E-state index contributed by atoms with van der Waals surface area (Å²) in [6.45, 7) is 0. The van der Waals surface area contributed by atoms with E-state index in [0.717, 1.165) is 0 Å². The summed E-state index contributed by atoms with van der Waals surface area (Å²) in [5, 5.41) is -0.392. The Balaban J connectivity index is 3.05. The number of carbonyl (C=O) groups excluding carboxylic acids is 1. The van der Waals surface area contributed by atoms with Crippen LogP contribution in [0.2, 0.25) is 0 Å². The van der Waals surface area contributed by atoms with E-state index in [1.807, 2.05) is 0 Å². The maximum Gasteiger partial charge on any atom is 0.221 e. The van der Waals surface area contributed by atoms with Crippen LogP contribution in [0.3, 0.4) is 0 Å². The zero-order chi connectivity index (χ0) is 6.57. The van der Waals surface area contributed by atoms with E-state index in [-0.39, 0.29) is 6.42 Å². The molecule has 4 heteroatoms. The molecule has 0 N–H and O–H groups in total. The standard InChI is InChI=1S/C4H5Cl3O/c5-3(6)1-2-4(7)8/h3H,1-2H2. The van der Waals surface area contributed by atoms with Crippen LogP contribution in [0.15, 0.2) is 0 Å². The van der Waals surface area contributed by atoms with Gasteiger partial charge in [0.05, 0.1) is 0 Å². The highest BCUT2D eigenvalue weighted by molar-refractivity contribution is 6.63. The Morgan fingerprint density at radius 3 is 2.12 bits per heavy atom. The van der Waals surface area contributed by atoms with E-state index < -0.39 is 10.1 Å². The molecule has 0 spiro atoms. The summed E-state index contributed by atoms with van der Waals surface area (Å²) in [6.07, 6.45) is 0.685. The molecule has 48 valence electrons. The molecule has 0 radical (unpaired) electrons. The Bertz CT molecular complexity index is 81.4. The van der Waals surface area contributed by atoms with Crippen molar-refractivity contribution in [1.82, 2.24) is 0 Å². The van der Waals surface area contributed by atoms with E-state index in [1.165, 1.54) is 0 Å². The highest BCUT2D eigenvalue weighted by Gasteiger charge is 2.01. The molecule has 0 saturated carbocycles. The van der Waals surface area contributed by atoms with Gasteiger partial charge in [-0.3, -0.25) is 4.79 Å². The molecule has 0 aromatic carbocycles. The Kier molecular flexibility index (Phi) is 4.72. The first-order valence-corrected chi connectivity index (χ1v) is 3.34. The number of hydrogen-bond donors (Lipinski definition) is 0. The maximum absolute atomic E-state index is 10.00. The van der Waals surface area contributed by atoms with E-state index in [9.17, 15) is 4.79 Å². The second-order valence-electron chi connectivity index (χ2n) is 1.28. The molecule has 0 amide bonds. The summed E-state index contributed by atoms with van der Waals surface area (Å²) in [5.74, 6) is 0. The molecule has 0 bridgehead atoms. The van der Waals surface area contributed by atoms with E-state index in [2.05, 4.69) is 0 Å². The first-order chi connectivity index (χ1) is 3.63. The van der Waals surface area contributed by atoms with Crippen LogP contribution in [-0.4, -0.2) is 10.1 Å². The van der Waals surface area contributed by atoms with Gasteiger partial charge in [-0.05, 0) is 18.0 Å². The number of rotatable bonds is 3. The minimum Gasteiger partial charge on any atom is -0.281 e. The molecule has 0 atom stereocenters. The first-order valence-electron chi connectivity index (χ1n) is 2.09. The molecule has 0 fully saturated rings. The third kappa shape index (κ3) is 6.54. The molecule has 0 aromatic heterocycles. The third-order valence-corrected chi connectivity index (χ3v) is 1.18. The van der Waals surface area contributed by atoms with Crippen LogP contribution in [0.4, 0.5) is 0 Å². The minimum absolute atomic E-state index is 0.249. The lowest BCUT2D eigenvalue weighted by Crippen LogP contribution is -1.91. The summed E-state index contributed by atoms with van der Waals surface area (Å²) in [7, 11) is 0. The predicted octanol–water partition coefficient (Wildman–Crippen LogP) is 2.34. The molecule has 0 heterocycles. The quantitative estimate of drug-likeness (QED) is 0.475. The van der Waals surface area contributed by atoms with Crippen molar-refractivity contribution in [3.63, 3.8) is 0 Å². The topological polar surface area (TPSA) is 17.1 Å². The van der Waals surface area contributed by atoms with Crippen LogP contribution in [0.25, 0.3) is 0 Å². The maximum atomic E-state index is 10.00. The van der Waals surface area contributed by atoms with Gasteiger partial charge in [-0.1, -0.05) is 0 Å². The van der Waals surface area contributed by atoms with Crippen molar-refractivity contribution in [2.24, 2.45) is 0 Å². The van der Waals surface area contributed by atoms with E-state index in [0.29, 0.717) is 6.42 Å². The highest BCUT2D eigenvalue weighted by atomic mass is 35.5.